The molecule has 1 N–H and O–H groups in total. The zero-order chi connectivity index (χ0) is 20.4. The van der Waals surface area contributed by atoms with Gasteiger partial charge < -0.3 is 5.11 Å². The Kier molecular flexibility index (Phi) is 5.27. The van der Waals surface area contributed by atoms with Crippen LogP contribution < -0.4 is 5.56 Å². The number of halogens is 1. The Hall–Kier alpha value is -3.25. The Balaban J connectivity index is 1.90. The Morgan fingerprint density at radius 1 is 1.10 bits per heavy atom. The minimum Gasteiger partial charge on any atom is -0.504 e. The minimum absolute atomic E-state index is 0.203. The van der Waals surface area contributed by atoms with E-state index in [1.807, 2.05) is 47.2 Å². The summed E-state index contributed by atoms with van der Waals surface area (Å²) >= 11 is 1.51. The van der Waals surface area contributed by atoms with Gasteiger partial charge in [-0.2, -0.15) is 11.3 Å². The van der Waals surface area contributed by atoms with Crippen molar-refractivity contribution in [2.24, 2.45) is 0 Å². The second kappa shape index (κ2) is 8.01. The predicted molar refractivity (Wildman–Crippen MR) is 114 cm³/mol. The van der Waals surface area contributed by atoms with Gasteiger partial charge in [-0.1, -0.05) is 36.4 Å². The molecule has 29 heavy (non-hydrogen) atoms. The molecular weight excluding hydrogens is 387 g/mol. The molecule has 2 aromatic carbocycles. The molecule has 0 amide bonds. The molecule has 0 aliphatic rings. The fraction of sp³-hybridized carbons (Fsp3) is 0.130. The van der Waals surface area contributed by atoms with Crippen molar-refractivity contribution >= 4 is 11.3 Å². The van der Waals surface area contributed by atoms with Crippen LogP contribution in [0, 0.1) is 12.7 Å². The number of phenolic OH excluding ortho intramolecular Hbond substituents is 1. The highest BCUT2D eigenvalue weighted by Gasteiger charge is 2.20. The van der Waals surface area contributed by atoms with Crippen LogP contribution >= 0.6 is 11.3 Å². The molecule has 0 radical (unpaired) electrons. The number of benzene rings is 2. The highest BCUT2D eigenvalue weighted by Crippen LogP contribution is 2.31. The van der Waals surface area contributed by atoms with Crippen molar-refractivity contribution in [3.8, 4) is 28.3 Å². The summed E-state index contributed by atoms with van der Waals surface area (Å²) < 4.78 is 15.5. The van der Waals surface area contributed by atoms with Gasteiger partial charge in [-0.3, -0.25) is 9.36 Å². The fourth-order valence-electron chi connectivity index (χ4n) is 3.39. The van der Waals surface area contributed by atoms with Crippen molar-refractivity contribution in [3.05, 3.63) is 92.8 Å². The summed E-state index contributed by atoms with van der Waals surface area (Å²) in [5.74, 6) is -0.985. The number of rotatable bonds is 5. The Bertz CT molecular complexity index is 1200. The second-order valence-corrected chi connectivity index (χ2v) is 7.52. The maximum Gasteiger partial charge on any atom is 0.261 e. The van der Waals surface area contributed by atoms with E-state index in [4.69, 9.17) is 0 Å². The maximum absolute atomic E-state index is 14.0. The first-order valence-corrected chi connectivity index (χ1v) is 10.2. The standard InChI is InChI=1S/C23H19FN2O2S/c1-15-20(17-11-13-29-14-17)23(28)26(12-10-16-6-3-2-4-7-16)22(25-15)18-8-5-9-19(24)21(18)27/h2-9,11,13-14,27H,10,12H2,1H3. The summed E-state index contributed by atoms with van der Waals surface area (Å²) in [5, 5.41) is 14.1. The second-order valence-electron chi connectivity index (χ2n) is 6.74. The molecule has 6 heteroatoms. The van der Waals surface area contributed by atoms with Crippen LogP contribution in [0.4, 0.5) is 4.39 Å². The molecule has 4 nitrogen and oxygen atoms in total. The van der Waals surface area contributed by atoms with E-state index in [-0.39, 0.29) is 16.9 Å². The van der Waals surface area contributed by atoms with Gasteiger partial charge >= 0.3 is 0 Å². The lowest BCUT2D eigenvalue weighted by Crippen LogP contribution is -2.27. The van der Waals surface area contributed by atoms with E-state index in [9.17, 15) is 14.3 Å². The Morgan fingerprint density at radius 2 is 1.90 bits per heavy atom. The lowest BCUT2D eigenvalue weighted by molar-refractivity contribution is 0.433. The number of aryl methyl sites for hydroxylation is 2. The number of aromatic nitrogens is 2. The van der Waals surface area contributed by atoms with E-state index in [1.165, 1.54) is 28.0 Å². The number of hydrogen-bond donors (Lipinski definition) is 1. The average molecular weight is 406 g/mol. The van der Waals surface area contributed by atoms with Crippen molar-refractivity contribution < 1.29 is 9.50 Å². The van der Waals surface area contributed by atoms with Crippen LogP contribution in [-0.4, -0.2) is 14.7 Å². The van der Waals surface area contributed by atoms with Gasteiger partial charge in [0.05, 0.1) is 16.8 Å². The lowest BCUT2D eigenvalue weighted by atomic mass is 10.1. The van der Waals surface area contributed by atoms with Gasteiger partial charge in [0.15, 0.2) is 11.6 Å². The molecular formula is C23H19FN2O2S. The summed E-state index contributed by atoms with van der Waals surface area (Å²) in [6.07, 6.45) is 0.609. The molecule has 0 bridgehead atoms. The molecule has 146 valence electrons. The number of aromatic hydroxyl groups is 1. The molecule has 0 saturated carbocycles. The molecule has 2 heterocycles. The van der Waals surface area contributed by atoms with E-state index < -0.39 is 11.6 Å². The highest BCUT2D eigenvalue weighted by atomic mass is 32.1. The van der Waals surface area contributed by atoms with Gasteiger partial charge in [-0.15, -0.1) is 0 Å². The van der Waals surface area contributed by atoms with Crippen LogP contribution in [0.2, 0.25) is 0 Å². The zero-order valence-corrected chi connectivity index (χ0v) is 16.6. The normalized spacial score (nSPS) is 11.0. The van der Waals surface area contributed by atoms with Crippen LogP contribution in [0.15, 0.2) is 70.2 Å². The van der Waals surface area contributed by atoms with E-state index in [1.54, 1.807) is 13.0 Å². The zero-order valence-electron chi connectivity index (χ0n) is 15.8. The number of nitrogens with zero attached hydrogens (tertiary/aromatic N) is 2. The third kappa shape index (κ3) is 3.71. The van der Waals surface area contributed by atoms with Crippen molar-refractivity contribution in [1.29, 1.82) is 0 Å². The number of para-hydroxylation sites is 1. The first kappa shape index (κ1) is 19.1. The topological polar surface area (TPSA) is 55.1 Å². The Morgan fingerprint density at radius 3 is 2.62 bits per heavy atom. The summed E-state index contributed by atoms with van der Waals surface area (Å²) in [6.45, 7) is 2.12. The molecule has 2 aromatic heterocycles. The first-order chi connectivity index (χ1) is 14.1. The monoisotopic (exact) mass is 406 g/mol. The van der Waals surface area contributed by atoms with Gasteiger partial charge in [-0.05, 0) is 53.4 Å². The lowest BCUT2D eigenvalue weighted by Gasteiger charge is -2.17. The summed E-state index contributed by atoms with van der Waals surface area (Å²) in [7, 11) is 0. The molecule has 0 unspecified atom stereocenters. The molecule has 4 aromatic rings. The van der Waals surface area contributed by atoms with Crippen molar-refractivity contribution in [2.75, 3.05) is 0 Å². The molecule has 0 fully saturated rings. The quantitative estimate of drug-likeness (QED) is 0.505. The van der Waals surface area contributed by atoms with Crippen LogP contribution in [0.1, 0.15) is 11.3 Å². The van der Waals surface area contributed by atoms with Gasteiger partial charge in [0, 0.05) is 6.54 Å². The maximum atomic E-state index is 14.0. The molecule has 0 aliphatic carbocycles. The molecule has 0 saturated heterocycles. The SMILES string of the molecule is Cc1nc(-c2cccc(F)c2O)n(CCc2ccccc2)c(=O)c1-c1ccsc1. The summed E-state index contributed by atoms with van der Waals surface area (Å²) in [4.78, 5) is 18.1. The minimum atomic E-state index is -0.745. The van der Waals surface area contributed by atoms with Gasteiger partial charge in [0.2, 0.25) is 0 Å². The first-order valence-electron chi connectivity index (χ1n) is 9.22. The van der Waals surface area contributed by atoms with Gasteiger partial charge in [-0.25, -0.2) is 9.37 Å². The van der Waals surface area contributed by atoms with Crippen molar-refractivity contribution in [3.63, 3.8) is 0 Å². The third-order valence-electron chi connectivity index (χ3n) is 4.85. The van der Waals surface area contributed by atoms with E-state index in [0.29, 0.717) is 24.2 Å². The van der Waals surface area contributed by atoms with E-state index in [2.05, 4.69) is 4.98 Å². The van der Waals surface area contributed by atoms with Gasteiger partial charge in [0.1, 0.15) is 5.82 Å². The van der Waals surface area contributed by atoms with Crippen molar-refractivity contribution in [1.82, 2.24) is 9.55 Å². The van der Waals surface area contributed by atoms with E-state index >= 15 is 0 Å². The van der Waals surface area contributed by atoms with E-state index in [0.717, 1.165) is 11.1 Å². The van der Waals surface area contributed by atoms with Crippen LogP contribution in [0.3, 0.4) is 0 Å². The van der Waals surface area contributed by atoms with Crippen LogP contribution in [0.25, 0.3) is 22.5 Å². The number of phenols is 1. The average Bonchev–Trinajstić information content (AvgIpc) is 3.24. The predicted octanol–water partition coefficient (Wildman–Crippen LogP) is 5.03. The van der Waals surface area contributed by atoms with Gasteiger partial charge in [0.25, 0.3) is 5.56 Å². The Labute approximate surface area is 171 Å². The number of thiophene rings is 1. The fourth-order valence-corrected chi connectivity index (χ4v) is 4.04. The molecule has 0 spiro atoms. The third-order valence-corrected chi connectivity index (χ3v) is 5.54. The largest absolute Gasteiger partial charge is 0.504 e. The summed E-state index contributed by atoms with van der Waals surface area (Å²) in [5.41, 5.74) is 2.96. The van der Waals surface area contributed by atoms with Crippen LogP contribution in [-0.2, 0) is 13.0 Å². The van der Waals surface area contributed by atoms with Crippen molar-refractivity contribution in [2.45, 2.75) is 19.9 Å². The van der Waals surface area contributed by atoms with Crippen LogP contribution in [0.5, 0.6) is 5.75 Å². The molecule has 4 rings (SSSR count). The smallest absolute Gasteiger partial charge is 0.261 e. The summed E-state index contributed by atoms with van der Waals surface area (Å²) in [6, 6.07) is 16.0. The number of hydrogen-bond acceptors (Lipinski definition) is 4. The highest BCUT2D eigenvalue weighted by molar-refractivity contribution is 7.08. The molecule has 0 atom stereocenters. The molecule has 0 aliphatic heterocycles.